The lowest BCUT2D eigenvalue weighted by Gasteiger charge is -2.12. The number of unbranched alkanes of at least 4 members (excludes halogenated alkanes) is 12. The number of aliphatic hydroxyl groups excluding tert-OH is 1. The third-order valence-corrected chi connectivity index (χ3v) is 5.52. The topological polar surface area (TPSA) is 72.8 Å². The van der Waals surface area contributed by atoms with Crippen molar-refractivity contribution in [2.45, 2.75) is 136 Å². The van der Waals surface area contributed by atoms with E-state index in [0.29, 0.717) is 12.8 Å². The van der Waals surface area contributed by atoms with Crippen LogP contribution in [-0.2, 0) is 19.1 Å². The van der Waals surface area contributed by atoms with E-state index in [1.165, 1.54) is 57.8 Å². The third kappa shape index (κ3) is 23.4. The second-order valence-electron chi connectivity index (χ2n) is 9.30. The first-order valence-electron chi connectivity index (χ1n) is 12.9. The van der Waals surface area contributed by atoms with Crippen molar-refractivity contribution in [3.05, 3.63) is 0 Å². The number of carbonyl (C=O) groups is 2. The Morgan fingerprint density at radius 2 is 1.03 bits per heavy atom. The van der Waals surface area contributed by atoms with Crippen LogP contribution in [0, 0.1) is 5.92 Å². The van der Waals surface area contributed by atoms with Gasteiger partial charge in [-0.3, -0.25) is 9.59 Å². The molecule has 0 radical (unpaired) electrons. The molecule has 31 heavy (non-hydrogen) atoms. The Morgan fingerprint density at radius 3 is 1.45 bits per heavy atom. The molecule has 0 saturated carbocycles. The molecule has 0 saturated heterocycles. The van der Waals surface area contributed by atoms with Crippen molar-refractivity contribution in [3.8, 4) is 0 Å². The van der Waals surface area contributed by atoms with Crippen LogP contribution in [0.25, 0.3) is 0 Å². The third-order valence-electron chi connectivity index (χ3n) is 5.52. The molecule has 0 heterocycles. The van der Waals surface area contributed by atoms with Crippen LogP contribution < -0.4 is 0 Å². The Labute approximate surface area is 191 Å². The van der Waals surface area contributed by atoms with E-state index in [-0.39, 0.29) is 25.2 Å². The largest absolute Gasteiger partial charge is 0.463 e. The molecular formula is C26H50O5. The van der Waals surface area contributed by atoms with Crippen LogP contribution in [0.3, 0.4) is 0 Å². The monoisotopic (exact) mass is 442 g/mol. The molecule has 5 nitrogen and oxygen atoms in total. The molecule has 1 N–H and O–H groups in total. The quantitative estimate of drug-likeness (QED) is 0.148. The molecular weight excluding hydrogens is 392 g/mol. The predicted molar refractivity (Wildman–Crippen MR) is 127 cm³/mol. The summed E-state index contributed by atoms with van der Waals surface area (Å²) < 4.78 is 10.1. The zero-order valence-electron chi connectivity index (χ0n) is 20.7. The van der Waals surface area contributed by atoms with Crippen LogP contribution in [0.1, 0.15) is 130 Å². The molecule has 184 valence electrons. The van der Waals surface area contributed by atoms with E-state index in [1.807, 2.05) is 0 Å². The van der Waals surface area contributed by atoms with Crippen molar-refractivity contribution < 1.29 is 24.2 Å². The van der Waals surface area contributed by atoms with Crippen molar-refractivity contribution in [2.24, 2.45) is 5.92 Å². The SMILES string of the molecule is CCCCCCCC(=O)OC[C@@H](O)COC(=O)CCCCCCCCCCCC(C)C. The van der Waals surface area contributed by atoms with Crippen molar-refractivity contribution in [1.82, 2.24) is 0 Å². The Balaban J connectivity index is 3.43. The maximum Gasteiger partial charge on any atom is 0.305 e. The summed E-state index contributed by atoms with van der Waals surface area (Å²) >= 11 is 0. The first-order valence-corrected chi connectivity index (χ1v) is 12.9. The van der Waals surface area contributed by atoms with Gasteiger partial charge in [-0.05, 0) is 18.8 Å². The van der Waals surface area contributed by atoms with E-state index in [4.69, 9.17) is 9.47 Å². The molecule has 0 amide bonds. The second kappa shape index (κ2) is 22.1. The smallest absolute Gasteiger partial charge is 0.305 e. The molecule has 0 unspecified atom stereocenters. The molecule has 0 fully saturated rings. The minimum absolute atomic E-state index is 0.112. The minimum Gasteiger partial charge on any atom is -0.463 e. The first-order chi connectivity index (χ1) is 15.0. The summed E-state index contributed by atoms with van der Waals surface area (Å²) in [4.78, 5) is 23.4. The normalized spacial score (nSPS) is 12.2. The lowest BCUT2D eigenvalue weighted by atomic mass is 10.0. The van der Waals surface area contributed by atoms with Crippen LogP contribution in [0.5, 0.6) is 0 Å². The summed E-state index contributed by atoms with van der Waals surface area (Å²) in [5, 5.41) is 9.81. The average Bonchev–Trinajstić information content (AvgIpc) is 2.74. The minimum atomic E-state index is -0.950. The number of rotatable bonds is 22. The lowest BCUT2D eigenvalue weighted by molar-refractivity contribution is -0.152. The summed E-state index contributed by atoms with van der Waals surface area (Å²) in [6.07, 6.45) is 17.5. The predicted octanol–water partition coefficient (Wildman–Crippen LogP) is 6.74. The van der Waals surface area contributed by atoms with Gasteiger partial charge in [-0.2, -0.15) is 0 Å². The highest BCUT2D eigenvalue weighted by Gasteiger charge is 2.12. The summed E-state index contributed by atoms with van der Waals surface area (Å²) in [6.45, 7) is 6.50. The van der Waals surface area contributed by atoms with E-state index in [9.17, 15) is 14.7 Å². The number of hydrogen-bond donors (Lipinski definition) is 1. The average molecular weight is 443 g/mol. The Kier molecular flexibility index (Phi) is 21.3. The number of hydrogen-bond acceptors (Lipinski definition) is 5. The van der Waals surface area contributed by atoms with Crippen LogP contribution in [0.15, 0.2) is 0 Å². The maximum atomic E-state index is 11.8. The first kappa shape index (κ1) is 29.9. The standard InChI is InChI=1S/C26H50O5/c1-4-5-6-12-16-19-25(28)30-21-24(27)22-31-26(29)20-17-14-11-9-7-8-10-13-15-18-23(2)3/h23-24,27H,4-22H2,1-3H3/t24-/m1/s1. The Hall–Kier alpha value is -1.10. The highest BCUT2D eigenvalue weighted by molar-refractivity contribution is 5.69. The fraction of sp³-hybridized carbons (Fsp3) is 0.923. The summed E-state index contributed by atoms with van der Waals surface area (Å²) in [7, 11) is 0. The van der Waals surface area contributed by atoms with E-state index < -0.39 is 6.10 Å². The molecule has 5 heteroatoms. The summed E-state index contributed by atoms with van der Waals surface area (Å²) in [5.74, 6) is 0.242. The molecule has 0 bridgehead atoms. The summed E-state index contributed by atoms with van der Waals surface area (Å²) in [6, 6.07) is 0. The maximum absolute atomic E-state index is 11.8. The Bertz CT molecular complexity index is 422. The van der Waals surface area contributed by atoms with Crippen LogP contribution in [0.4, 0.5) is 0 Å². The van der Waals surface area contributed by atoms with Gasteiger partial charge in [0.05, 0.1) is 0 Å². The van der Waals surface area contributed by atoms with E-state index >= 15 is 0 Å². The highest BCUT2D eigenvalue weighted by Crippen LogP contribution is 2.13. The van der Waals surface area contributed by atoms with Gasteiger partial charge in [-0.25, -0.2) is 0 Å². The van der Waals surface area contributed by atoms with Gasteiger partial charge in [0.15, 0.2) is 0 Å². The fourth-order valence-electron chi connectivity index (χ4n) is 3.50. The van der Waals surface area contributed by atoms with Crippen molar-refractivity contribution in [2.75, 3.05) is 13.2 Å². The number of esters is 2. The van der Waals surface area contributed by atoms with Gasteiger partial charge in [0.25, 0.3) is 0 Å². The molecule has 0 aliphatic carbocycles. The van der Waals surface area contributed by atoms with E-state index in [1.54, 1.807) is 0 Å². The number of ether oxygens (including phenoxy) is 2. The van der Waals surface area contributed by atoms with Gasteiger partial charge in [-0.15, -0.1) is 0 Å². The van der Waals surface area contributed by atoms with E-state index in [2.05, 4.69) is 20.8 Å². The Morgan fingerprint density at radius 1 is 0.645 bits per heavy atom. The summed E-state index contributed by atoms with van der Waals surface area (Å²) in [5.41, 5.74) is 0. The molecule has 0 aromatic carbocycles. The van der Waals surface area contributed by atoms with Crippen LogP contribution in [0.2, 0.25) is 0 Å². The number of aliphatic hydroxyl groups is 1. The van der Waals surface area contributed by atoms with Gasteiger partial charge >= 0.3 is 11.9 Å². The van der Waals surface area contributed by atoms with Crippen molar-refractivity contribution in [1.29, 1.82) is 0 Å². The van der Waals surface area contributed by atoms with Crippen molar-refractivity contribution >= 4 is 11.9 Å². The molecule has 0 aliphatic heterocycles. The molecule has 0 aromatic rings. The molecule has 0 spiro atoms. The lowest BCUT2D eigenvalue weighted by Crippen LogP contribution is -2.25. The second-order valence-corrected chi connectivity index (χ2v) is 9.30. The van der Waals surface area contributed by atoms with Gasteiger partial charge in [0, 0.05) is 12.8 Å². The van der Waals surface area contributed by atoms with Gasteiger partial charge in [0.1, 0.15) is 19.3 Å². The van der Waals surface area contributed by atoms with Crippen molar-refractivity contribution in [3.63, 3.8) is 0 Å². The zero-order valence-corrected chi connectivity index (χ0v) is 20.7. The van der Waals surface area contributed by atoms with Gasteiger partial charge < -0.3 is 14.6 Å². The molecule has 0 aromatic heterocycles. The van der Waals surface area contributed by atoms with Gasteiger partial charge in [0.2, 0.25) is 0 Å². The van der Waals surface area contributed by atoms with E-state index in [0.717, 1.165) is 44.4 Å². The fourth-order valence-corrected chi connectivity index (χ4v) is 3.50. The molecule has 0 rings (SSSR count). The van der Waals surface area contributed by atoms with Gasteiger partial charge in [-0.1, -0.05) is 104 Å². The molecule has 1 atom stereocenters. The molecule has 0 aliphatic rings. The highest BCUT2D eigenvalue weighted by atomic mass is 16.6. The number of carbonyl (C=O) groups excluding carboxylic acids is 2. The van der Waals surface area contributed by atoms with Crippen LogP contribution >= 0.6 is 0 Å². The van der Waals surface area contributed by atoms with Crippen LogP contribution in [-0.4, -0.2) is 36.4 Å². The zero-order chi connectivity index (χ0) is 23.2.